The number of halogens is 1. The van der Waals surface area contributed by atoms with Crippen molar-refractivity contribution in [3.8, 4) is 0 Å². The van der Waals surface area contributed by atoms with E-state index in [-0.39, 0.29) is 17.2 Å². The van der Waals surface area contributed by atoms with Crippen LogP contribution >= 0.6 is 22.9 Å². The molecule has 4 aromatic rings. The lowest BCUT2D eigenvalue weighted by atomic mass is 10.1. The molecule has 0 saturated carbocycles. The van der Waals surface area contributed by atoms with Crippen LogP contribution in [0.2, 0.25) is 5.02 Å². The van der Waals surface area contributed by atoms with Crippen LogP contribution in [-0.2, 0) is 6.54 Å². The SMILES string of the molecule is Cc1c(C(=O)N(CCCn2ccnc2)c2nc3c(Cl)cccc3s2)cccc1[N+](=O)[O-]. The first-order chi connectivity index (χ1) is 15.0. The molecule has 0 N–H and O–H groups in total. The van der Waals surface area contributed by atoms with Crippen molar-refractivity contribution in [3.63, 3.8) is 0 Å². The third-order valence-electron chi connectivity index (χ3n) is 4.92. The lowest BCUT2D eigenvalue weighted by molar-refractivity contribution is -0.385. The summed E-state index contributed by atoms with van der Waals surface area (Å²) in [5.74, 6) is -0.331. The summed E-state index contributed by atoms with van der Waals surface area (Å²) in [5, 5.41) is 12.4. The number of carbonyl (C=O) groups excluding carboxylic acids is 1. The summed E-state index contributed by atoms with van der Waals surface area (Å²) in [7, 11) is 0. The van der Waals surface area contributed by atoms with Gasteiger partial charge in [0.2, 0.25) is 0 Å². The fraction of sp³-hybridized carbons (Fsp3) is 0.190. The largest absolute Gasteiger partial charge is 0.337 e. The standard InChI is InChI=1S/C21H18ClN5O3S/c1-14-15(5-2-7-17(14)27(29)30)20(28)26(11-4-10-25-12-9-23-13-25)21-24-19-16(22)6-3-8-18(19)31-21/h2-3,5-9,12-13H,4,10-11H2,1H3. The maximum atomic E-state index is 13.5. The van der Waals surface area contributed by atoms with Crippen LogP contribution in [0.5, 0.6) is 0 Å². The van der Waals surface area contributed by atoms with Crippen molar-refractivity contribution in [1.82, 2.24) is 14.5 Å². The van der Waals surface area contributed by atoms with Gasteiger partial charge in [-0.25, -0.2) is 9.97 Å². The first-order valence-corrected chi connectivity index (χ1v) is 10.7. The Morgan fingerprint density at radius 2 is 2.10 bits per heavy atom. The zero-order valence-corrected chi connectivity index (χ0v) is 18.1. The van der Waals surface area contributed by atoms with Crippen molar-refractivity contribution < 1.29 is 9.72 Å². The van der Waals surface area contributed by atoms with Crippen LogP contribution in [0, 0.1) is 17.0 Å². The molecule has 158 valence electrons. The summed E-state index contributed by atoms with van der Waals surface area (Å²) in [5.41, 5.74) is 1.15. The molecule has 0 bridgehead atoms. The van der Waals surface area contributed by atoms with Crippen molar-refractivity contribution in [2.45, 2.75) is 19.9 Å². The van der Waals surface area contributed by atoms with Gasteiger partial charge in [0.05, 0.1) is 21.0 Å². The molecule has 2 aromatic heterocycles. The second kappa shape index (κ2) is 8.83. The monoisotopic (exact) mass is 455 g/mol. The van der Waals surface area contributed by atoms with Crippen molar-refractivity contribution in [3.05, 3.63) is 81.4 Å². The first kappa shape index (κ1) is 21.0. The molecule has 0 atom stereocenters. The van der Waals surface area contributed by atoms with Gasteiger partial charge in [-0.1, -0.05) is 35.1 Å². The number of fused-ring (bicyclic) bond motifs is 1. The quantitative estimate of drug-likeness (QED) is 0.285. The molecule has 31 heavy (non-hydrogen) atoms. The number of imidazole rings is 1. The number of aromatic nitrogens is 3. The van der Waals surface area contributed by atoms with Gasteiger partial charge in [-0.15, -0.1) is 0 Å². The van der Waals surface area contributed by atoms with E-state index in [1.165, 1.54) is 23.5 Å². The number of para-hydroxylation sites is 1. The zero-order valence-electron chi connectivity index (χ0n) is 16.6. The summed E-state index contributed by atoms with van der Waals surface area (Å²) in [6, 6.07) is 10.0. The molecule has 2 aromatic carbocycles. The van der Waals surface area contributed by atoms with E-state index >= 15 is 0 Å². The Kier molecular flexibility index (Phi) is 5.97. The zero-order chi connectivity index (χ0) is 22.0. The number of benzene rings is 2. The van der Waals surface area contributed by atoms with Crippen molar-refractivity contribution in [2.24, 2.45) is 0 Å². The van der Waals surface area contributed by atoms with E-state index in [1.807, 2.05) is 22.9 Å². The number of nitro benzene ring substituents is 1. The smallest absolute Gasteiger partial charge is 0.273 e. The van der Waals surface area contributed by atoms with Gasteiger partial charge in [0.15, 0.2) is 5.13 Å². The molecule has 0 unspecified atom stereocenters. The van der Waals surface area contributed by atoms with Gasteiger partial charge >= 0.3 is 0 Å². The maximum Gasteiger partial charge on any atom is 0.273 e. The predicted octanol–water partition coefficient (Wildman–Crippen LogP) is 5.10. The van der Waals surface area contributed by atoms with Crippen LogP contribution in [0.4, 0.5) is 10.8 Å². The van der Waals surface area contributed by atoms with Crippen LogP contribution in [0.25, 0.3) is 10.2 Å². The number of nitrogens with zero attached hydrogens (tertiary/aromatic N) is 5. The van der Waals surface area contributed by atoms with Gasteiger partial charge in [-0.05, 0) is 31.5 Å². The minimum Gasteiger partial charge on any atom is -0.337 e. The Balaban J connectivity index is 1.70. The van der Waals surface area contributed by atoms with Crippen LogP contribution in [0.1, 0.15) is 22.3 Å². The number of thiazole rings is 1. The fourth-order valence-electron chi connectivity index (χ4n) is 3.33. The van der Waals surface area contributed by atoms with Crippen LogP contribution in [0.15, 0.2) is 55.1 Å². The molecular weight excluding hydrogens is 438 g/mol. The van der Waals surface area contributed by atoms with Gasteiger partial charge in [-0.2, -0.15) is 0 Å². The second-order valence-electron chi connectivity index (χ2n) is 6.90. The minimum absolute atomic E-state index is 0.0865. The summed E-state index contributed by atoms with van der Waals surface area (Å²) in [6.07, 6.45) is 5.92. The van der Waals surface area contributed by atoms with E-state index in [2.05, 4.69) is 9.97 Å². The minimum atomic E-state index is -0.479. The van der Waals surface area contributed by atoms with E-state index in [4.69, 9.17) is 11.6 Å². The van der Waals surface area contributed by atoms with E-state index in [0.717, 1.165) is 4.70 Å². The normalized spacial score (nSPS) is 11.0. The Bertz CT molecular complexity index is 1260. The molecule has 10 heteroatoms. The van der Waals surface area contributed by atoms with Crippen LogP contribution < -0.4 is 4.90 Å². The highest BCUT2D eigenvalue weighted by atomic mass is 35.5. The molecule has 4 rings (SSSR count). The number of anilines is 1. The van der Waals surface area contributed by atoms with E-state index < -0.39 is 4.92 Å². The number of rotatable bonds is 7. The van der Waals surface area contributed by atoms with Crippen molar-refractivity contribution in [2.75, 3.05) is 11.4 Å². The Morgan fingerprint density at radius 3 is 2.81 bits per heavy atom. The number of aryl methyl sites for hydroxylation is 1. The van der Waals surface area contributed by atoms with Crippen LogP contribution in [-0.4, -0.2) is 31.9 Å². The van der Waals surface area contributed by atoms with Gasteiger partial charge in [0, 0.05) is 42.7 Å². The highest BCUT2D eigenvalue weighted by molar-refractivity contribution is 7.22. The number of hydrogen-bond donors (Lipinski definition) is 0. The van der Waals surface area contributed by atoms with E-state index in [0.29, 0.717) is 40.7 Å². The molecule has 0 aliphatic heterocycles. The summed E-state index contributed by atoms with van der Waals surface area (Å²) >= 11 is 7.64. The highest BCUT2D eigenvalue weighted by Crippen LogP contribution is 2.34. The molecule has 0 spiro atoms. The number of hydrogen-bond acceptors (Lipinski definition) is 6. The lowest BCUT2D eigenvalue weighted by Crippen LogP contribution is -2.33. The third-order valence-corrected chi connectivity index (χ3v) is 6.27. The molecule has 0 aliphatic rings. The molecule has 0 saturated heterocycles. The average Bonchev–Trinajstić information content (AvgIpc) is 3.41. The maximum absolute atomic E-state index is 13.5. The topological polar surface area (TPSA) is 94.2 Å². The Hall–Kier alpha value is -3.30. The molecule has 2 heterocycles. The van der Waals surface area contributed by atoms with E-state index in [1.54, 1.807) is 36.5 Å². The van der Waals surface area contributed by atoms with Gasteiger partial charge < -0.3 is 4.57 Å². The van der Waals surface area contributed by atoms with Gasteiger partial charge in [-0.3, -0.25) is 19.8 Å². The van der Waals surface area contributed by atoms with Gasteiger partial charge in [0.1, 0.15) is 5.52 Å². The third kappa shape index (κ3) is 4.28. The summed E-state index contributed by atoms with van der Waals surface area (Å²) in [4.78, 5) is 34.6. The van der Waals surface area contributed by atoms with Gasteiger partial charge in [0.25, 0.3) is 11.6 Å². The van der Waals surface area contributed by atoms with Crippen LogP contribution in [0.3, 0.4) is 0 Å². The molecule has 8 nitrogen and oxygen atoms in total. The molecule has 0 radical (unpaired) electrons. The summed E-state index contributed by atoms with van der Waals surface area (Å²) in [6.45, 7) is 2.64. The molecular formula is C21H18ClN5O3S. The van der Waals surface area contributed by atoms with Crippen molar-refractivity contribution in [1.29, 1.82) is 0 Å². The average molecular weight is 456 g/mol. The highest BCUT2D eigenvalue weighted by Gasteiger charge is 2.25. The second-order valence-corrected chi connectivity index (χ2v) is 8.32. The predicted molar refractivity (Wildman–Crippen MR) is 121 cm³/mol. The number of carbonyl (C=O) groups is 1. The number of nitro groups is 1. The fourth-order valence-corrected chi connectivity index (χ4v) is 4.62. The number of amides is 1. The lowest BCUT2D eigenvalue weighted by Gasteiger charge is -2.21. The Labute approximate surface area is 186 Å². The van der Waals surface area contributed by atoms with E-state index in [9.17, 15) is 14.9 Å². The first-order valence-electron chi connectivity index (χ1n) is 9.52. The Morgan fingerprint density at radius 1 is 1.29 bits per heavy atom. The summed E-state index contributed by atoms with van der Waals surface area (Å²) < 4.78 is 2.79. The molecule has 0 fully saturated rings. The van der Waals surface area contributed by atoms with Crippen molar-refractivity contribution >= 4 is 49.9 Å². The molecule has 0 aliphatic carbocycles. The molecule has 1 amide bonds.